The maximum absolute atomic E-state index is 11.8. The Morgan fingerprint density at radius 2 is 0.827 bits per heavy atom. The molecule has 0 aliphatic heterocycles. The van der Waals surface area contributed by atoms with Gasteiger partial charge in [-0.3, -0.25) is 19.2 Å². The first kappa shape index (κ1) is 70.9. The Balaban J connectivity index is 0.000000972. The summed E-state index contributed by atoms with van der Waals surface area (Å²) in [6.45, 7) is 15.6. The average Bonchev–Trinajstić information content (AvgIpc) is 3.23. The lowest BCUT2D eigenvalue weighted by molar-refractivity contribution is -0.139. The van der Waals surface area contributed by atoms with Crippen LogP contribution in [0.15, 0.2) is 72.8 Å². The lowest BCUT2D eigenvalue weighted by Gasteiger charge is -2.20. The van der Waals surface area contributed by atoms with Crippen LogP contribution in [0.25, 0.3) is 0 Å². The van der Waals surface area contributed by atoms with E-state index in [4.69, 9.17) is 113 Å². The Labute approximate surface area is 493 Å². The van der Waals surface area contributed by atoms with Crippen molar-refractivity contribution in [1.29, 1.82) is 10.5 Å². The molecule has 3 N–H and O–H groups in total. The number of hydrogen-bond donors (Lipinski definition) is 3. The van der Waals surface area contributed by atoms with Crippen molar-refractivity contribution in [3.63, 3.8) is 0 Å². The number of Topliss-reactive ketones (excluding diaryl/α,β-unsaturated/α-hetero) is 3. The number of halogens is 9. The van der Waals surface area contributed by atoms with Crippen molar-refractivity contribution >= 4 is 151 Å². The van der Waals surface area contributed by atoms with Gasteiger partial charge >= 0.3 is 18.2 Å². The molecule has 3 atom stereocenters. The molecule has 0 radical (unpaired) electrons. The third-order valence-electron chi connectivity index (χ3n) is 9.07. The topological polar surface area (TPSA) is 213 Å². The van der Waals surface area contributed by atoms with Gasteiger partial charge in [0.15, 0.2) is 0 Å². The largest absolute Gasteiger partial charge is 0.481 e. The highest BCUT2D eigenvalue weighted by molar-refractivity contribution is 14.1. The number of nitrogens with one attached hydrogen (secondary N) is 2. The predicted molar refractivity (Wildman–Crippen MR) is 310 cm³/mol. The SMILES string of the molecule is CC(=O)C(CC#N)c1cc(Cl)cc(Cl)c1.CC(=O)C(CCNC(=O)OC(C)(C)C)c1cc(Cl)cc(Cl)c1.CC(=O)Cc1cc(Cl)cc(Cl)c1.CC(C)(C)OC(=O)NCCC(C(=O)O)c1cc(Cl)cc(Cl)c1.N#CCI. The second kappa shape index (κ2) is 36.1. The van der Waals surface area contributed by atoms with Gasteiger partial charge in [0.05, 0.1) is 28.4 Å². The van der Waals surface area contributed by atoms with Crippen molar-refractivity contribution in [3.8, 4) is 12.1 Å². The van der Waals surface area contributed by atoms with Crippen LogP contribution in [0, 0.1) is 22.7 Å². The van der Waals surface area contributed by atoms with Crippen LogP contribution in [-0.4, -0.2) is 69.3 Å². The van der Waals surface area contributed by atoms with Crippen molar-refractivity contribution in [2.45, 2.75) is 117 Å². The maximum atomic E-state index is 11.8. The zero-order valence-electron chi connectivity index (χ0n) is 42.6. The van der Waals surface area contributed by atoms with Crippen LogP contribution in [0.3, 0.4) is 0 Å². The predicted octanol–water partition coefficient (Wildman–Crippen LogP) is 16.3. The van der Waals surface area contributed by atoms with Gasteiger partial charge in [0.1, 0.15) is 28.6 Å². The fraction of sp³-hybridized carbons (Fsp3) is 0.396. The molecule has 0 aliphatic rings. The Morgan fingerprint density at radius 1 is 0.533 bits per heavy atom. The Morgan fingerprint density at radius 3 is 1.09 bits per heavy atom. The van der Waals surface area contributed by atoms with Crippen molar-refractivity contribution < 1.29 is 43.3 Å². The third-order valence-corrected chi connectivity index (χ3v) is 11.2. The van der Waals surface area contributed by atoms with Gasteiger partial charge < -0.3 is 25.2 Å². The first-order valence-electron chi connectivity index (χ1n) is 22.5. The number of nitrogens with zero attached hydrogens (tertiary/aromatic N) is 2. The molecule has 0 heterocycles. The van der Waals surface area contributed by atoms with E-state index in [1.165, 1.54) is 26.8 Å². The van der Waals surface area contributed by atoms with Crippen LogP contribution in [0.1, 0.15) is 122 Å². The molecule has 3 unspecified atom stereocenters. The average molecular weight is 1310 g/mol. The molecule has 0 aliphatic carbocycles. The molecule has 2 amide bonds. The van der Waals surface area contributed by atoms with Gasteiger partial charge in [-0.25, -0.2) is 9.59 Å². The Hall–Kier alpha value is -4.07. The number of amides is 2. The summed E-state index contributed by atoms with van der Waals surface area (Å²) in [5.41, 5.74) is 1.65. The number of rotatable bonds is 15. The van der Waals surface area contributed by atoms with Crippen LogP contribution in [0.5, 0.6) is 0 Å². The van der Waals surface area contributed by atoms with Crippen molar-refractivity contribution in [1.82, 2.24) is 10.6 Å². The van der Waals surface area contributed by atoms with Gasteiger partial charge in [-0.1, -0.05) is 115 Å². The zero-order valence-corrected chi connectivity index (χ0v) is 50.8. The molecule has 4 rings (SSSR count). The summed E-state index contributed by atoms with van der Waals surface area (Å²) < 4.78 is 10.8. The standard InChI is InChI=1S/C16H21Cl2NO3.C15H19Cl2NO4.C11H9Cl2NO.C9H8Cl2O.C2H2IN/c1-10(20)14(11-7-12(17)9-13(18)8-11)5-6-19-15(21)22-16(2,3)4;1-15(2,3)22-14(21)18-5-4-12(13(19)20)9-6-10(16)8-11(17)7-9;1-7(15)11(2-3-14)8-4-9(12)6-10(13)5-8;1-6(12)2-7-3-8(10)5-9(11)4-7;3-1-2-4/h7-9,14H,5-6H2,1-4H3,(H,19,21);6-8,12H,4-5H2,1-3H3,(H,18,21)(H,19,20);4-6,11H,2H2,1H3;3-5H,2H2,1H3;1H2. The first-order chi connectivity index (χ1) is 34.7. The molecule has 13 nitrogen and oxygen atoms in total. The van der Waals surface area contributed by atoms with E-state index in [9.17, 15) is 33.9 Å². The molecule has 0 bridgehead atoms. The number of nitriles is 2. The molecule has 0 fully saturated rings. The minimum atomic E-state index is -1.01. The van der Waals surface area contributed by atoms with Crippen molar-refractivity contribution in [2.24, 2.45) is 0 Å². The number of hydrogen-bond acceptors (Lipinski definition) is 10. The van der Waals surface area contributed by atoms with E-state index in [0.717, 1.165) is 11.1 Å². The highest BCUT2D eigenvalue weighted by Gasteiger charge is 2.23. The van der Waals surface area contributed by atoms with Gasteiger partial charge in [-0.15, -0.1) is 0 Å². The fourth-order valence-corrected chi connectivity index (χ4v) is 8.42. The highest BCUT2D eigenvalue weighted by atomic mass is 127. The molecule has 0 aromatic heterocycles. The molecular formula is C53H59Cl8IN4O9. The quantitative estimate of drug-likeness (QED) is 0.0752. The van der Waals surface area contributed by atoms with Crippen LogP contribution < -0.4 is 10.6 Å². The third kappa shape index (κ3) is 33.6. The minimum absolute atomic E-state index is 0.00989. The lowest BCUT2D eigenvalue weighted by Crippen LogP contribution is -2.33. The number of benzene rings is 4. The van der Waals surface area contributed by atoms with E-state index in [2.05, 4.69) is 10.6 Å². The van der Waals surface area contributed by atoms with Crippen LogP contribution in [0.2, 0.25) is 40.2 Å². The smallest absolute Gasteiger partial charge is 0.407 e. The normalized spacial score (nSPS) is 11.6. The second-order valence-corrected chi connectivity index (χ2v) is 22.3. The molecule has 408 valence electrons. The van der Waals surface area contributed by atoms with E-state index in [1.54, 1.807) is 108 Å². The number of carbonyl (C=O) groups is 6. The van der Waals surface area contributed by atoms with Gasteiger partial charge in [0.2, 0.25) is 0 Å². The maximum Gasteiger partial charge on any atom is 0.407 e. The van der Waals surface area contributed by atoms with E-state index < -0.39 is 41.2 Å². The summed E-state index contributed by atoms with van der Waals surface area (Å²) in [6.07, 6.45) is 0.0997. The molecule has 0 saturated heterocycles. The molecule has 0 saturated carbocycles. The van der Waals surface area contributed by atoms with E-state index in [-0.39, 0.29) is 42.7 Å². The van der Waals surface area contributed by atoms with Crippen molar-refractivity contribution in [3.05, 3.63) is 135 Å². The summed E-state index contributed by atoms with van der Waals surface area (Å²) in [4.78, 5) is 68.4. The Kier molecular flexibility index (Phi) is 34.1. The molecule has 4 aromatic carbocycles. The van der Waals surface area contributed by atoms with Crippen molar-refractivity contribution in [2.75, 3.05) is 17.5 Å². The van der Waals surface area contributed by atoms with Gasteiger partial charge in [-0.2, -0.15) is 10.5 Å². The summed E-state index contributed by atoms with van der Waals surface area (Å²) in [5, 5.41) is 34.5. The molecule has 4 aromatic rings. The van der Waals surface area contributed by atoms with Crippen LogP contribution in [-0.2, 0) is 35.1 Å². The molecule has 75 heavy (non-hydrogen) atoms. The number of ether oxygens (including phenoxy) is 2. The summed E-state index contributed by atoms with van der Waals surface area (Å²) >= 11 is 48.8. The van der Waals surface area contributed by atoms with Gasteiger partial charge in [0, 0.05) is 72.0 Å². The first-order valence-corrected chi connectivity index (χ1v) is 27.0. The number of alkyl halides is 1. The summed E-state index contributed by atoms with van der Waals surface area (Å²) in [6, 6.07) is 23.6. The van der Waals surface area contributed by atoms with Crippen LogP contribution in [0.4, 0.5) is 9.59 Å². The molecular weight excluding hydrogens is 1250 g/mol. The van der Waals surface area contributed by atoms with Gasteiger partial charge in [0.25, 0.3) is 0 Å². The minimum Gasteiger partial charge on any atom is -0.481 e. The van der Waals surface area contributed by atoms with E-state index >= 15 is 0 Å². The zero-order chi connectivity index (χ0) is 57.8. The summed E-state index contributed by atoms with van der Waals surface area (Å²) in [7, 11) is 0. The number of carboxylic acid groups (broad SMARTS) is 1. The van der Waals surface area contributed by atoms with Gasteiger partial charge in [-0.05, 0) is 170 Å². The highest BCUT2D eigenvalue weighted by Crippen LogP contribution is 2.30. The van der Waals surface area contributed by atoms with E-state index in [1.807, 2.05) is 34.7 Å². The van der Waals surface area contributed by atoms with Crippen LogP contribution >= 0.6 is 115 Å². The summed E-state index contributed by atoms with van der Waals surface area (Å²) in [5.74, 6) is -2.60. The number of carbonyl (C=O) groups excluding carboxylic acids is 5. The Bertz CT molecular complexity index is 2470. The second-order valence-electron chi connectivity index (χ2n) is 18.1. The number of carboxylic acids is 1. The fourth-order valence-electron chi connectivity index (χ4n) is 6.22. The number of aliphatic carboxylic acids is 1. The molecule has 0 spiro atoms. The molecule has 22 heteroatoms. The monoisotopic (exact) mass is 1300 g/mol. The number of ketones is 3. The lowest BCUT2D eigenvalue weighted by atomic mass is 9.92. The van der Waals surface area contributed by atoms with E-state index in [0.29, 0.717) is 75.1 Å². The number of alkyl carbamates (subject to hydrolysis) is 2.